The number of nitrogens with zero attached hydrogens (tertiary/aromatic N) is 1. The van der Waals surface area contributed by atoms with E-state index in [0.717, 1.165) is 40.9 Å². The van der Waals surface area contributed by atoms with Crippen molar-refractivity contribution in [2.45, 2.75) is 45.6 Å². The number of benzene rings is 2. The maximum absolute atomic E-state index is 13.1. The number of amides is 4. The molecule has 1 aliphatic carbocycles. The van der Waals surface area contributed by atoms with E-state index in [9.17, 15) is 14.4 Å². The van der Waals surface area contributed by atoms with Crippen molar-refractivity contribution in [1.82, 2.24) is 10.2 Å². The zero-order valence-corrected chi connectivity index (χ0v) is 17.0. The number of nitrogens with one attached hydrogen (secondary N) is 2. The summed E-state index contributed by atoms with van der Waals surface area (Å²) in [7, 11) is 0. The summed E-state index contributed by atoms with van der Waals surface area (Å²) in [6.45, 7) is 5.27. The Balaban J connectivity index is 1.51. The molecule has 1 aliphatic heterocycles. The van der Waals surface area contributed by atoms with Crippen LogP contribution in [0.15, 0.2) is 36.4 Å². The predicted molar refractivity (Wildman–Crippen MR) is 111 cm³/mol. The minimum atomic E-state index is -1.16. The molecule has 6 heteroatoms. The molecule has 1 heterocycles. The van der Waals surface area contributed by atoms with Crippen molar-refractivity contribution in [2.24, 2.45) is 0 Å². The molecule has 1 fully saturated rings. The van der Waals surface area contributed by atoms with E-state index in [2.05, 4.69) is 10.6 Å². The summed E-state index contributed by atoms with van der Waals surface area (Å²) < 4.78 is 0. The van der Waals surface area contributed by atoms with E-state index < -0.39 is 23.4 Å². The Labute approximate surface area is 170 Å². The van der Waals surface area contributed by atoms with Gasteiger partial charge in [0.1, 0.15) is 12.1 Å². The average Bonchev–Trinajstić information content (AvgIpc) is 3.19. The molecule has 4 rings (SSSR count). The molecule has 2 aliphatic rings. The number of rotatable bonds is 4. The lowest BCUT2D eigenvalue weighted by Gasteiger charge is -2.23. The van der Waals surface area contributed by atoms with Crippen molar-refractivity contribution in [3.8, 4) is 0 Å². The number of urea groups is 1. The minimum absolute atomic E-state index is 0.321. The summed E-state index contributed by atoms with van der Waals surface area (Å²) in [5.41, 5.74) is 4.85. The lowest BCUT2D eigenvalue weighted by atomic mass is 9.89. The van der Waals surface area contributed by atoms with Crippen LogP contribution < -0.4 is 10.6 Å². The number of aryl methyl sites for hydroxylation is 4. The monoisotopic (exact) mass is 391 g/mol. The van der Waals surface area contributed by atoms with Gasteiger partial charge in [0.05, 0.1) is 0 Å². The highest BCUT2D eigenvalue weighted by molar-refractivity contribution is 6.10. The lowest BCUT2D eigenvalue weighted by Crippen LogP contribution is -2.42. The van der Waals surface area contributed by atoms with Gasteiger partial charge in [0, 0.05) is 5.69 Å². The molecule has 29 heavy (non-hydrogen) atoms. The van der Waals surface area contributed by atoms with Crippen LogP contribution in [0.5, 0.6) is 0 Å². The third-order valence-corrected chi connectivity index (χ3v) is 5.76. The first-order valence-corrected chi connectivity index (χ1v) is 9.91. The quantitative estimate of drug-likeness (QED) is 0.786. The van der Waals surface area contributed by atoms with Gasteiger partial charge in [-0.15, -0.1) is 0 Å². The zero-order chi connectivity index (χ0) is 20.8. The van der Waals surface area contributed by atoms with Gasteiger partial charge in [0.15, 0.2) is 0 Å². The molecule has 0 unspecified atom stereocenters. The fourth-order valence-electron chi connectivity index (χ4n) is 4.31. The third kappa shape index (κ3) is 3.50. The highest BCUT2D eigenvalue weighted by Gasteiger charge is 2.49. The predicted octanol–water partition coefficient (Wildman–Crippen LogP) is 3.20. The second-order valence-electron chi connectivity index (χ2n) is 8.21. The standard InChI is InChI=1S/C23H25N3O3/c1-14-9-15(2)11-19(10-14)24-20(27)13-26-21(28)23(3,25-22(26)29)18-8-7-16-5-4-6-17(16)12-18/h7-12H,4-6,13H2,1-3H3,(H,24,27)(H,25,29)/t23-/m0/s1. The molecule has 0 bridgehead atoms. The Morgan fingerprint density at radius 2 is 1.76 bits per heavy atom. The summed E-state index contributed by atoms with van der Waals surface area (Å²) in [5, 5.41) is 5.56. The second kappa shape index (κ2) is 7.03. The van der Waals surface area contributed by atoms with Gasteiger partial charge < -0.3 is 10.6 Å². The van der Waals surface area contributed by atoms with E-state index in [1.165, 1.54) is 11.1 Å². The van der Waals surface area contributed by atoms with Crippen molar-refractivity contribution in [3.05, 3.63) is 64.2 Å². The van der Waals surface area contributed by atoms with E-state index >= 15 is 0 Å². The normalized spacial score (nSPS) is 20.6. The van der Waals surface area contributed by atoms with Gasteiger partial charge in [-0.2, -0.15) is 0 Å². The summed E-state index contributed by atoms with van der Waals surface area (Å²) >= 11 is 0. The van der Waals surface area contributed by atoms with E-state index in [4.69, 9.17) is 0 Å². The molecular formula is C23H25N3O3. The molecule has 2 aromatic carbocycles. The van der Waals surface area contributed by atoms with E-state index in [1.54, 1.807) is 6.92 Å². The van der Waals surface area contributed by atoms with Crippen LogP contribution in [-0.4, -0.2) is 29.3 Å². The van der Waals surface area contributed by atoms with Crippen LogP contribution in [0.2, 0.25) is 0 Å². The topological polar surface area (TPSA) is 78.5 Å². The number of hydrogen-bond acceptors (Lipinski definition) is 3. The Bertz CT molecular complexity index is 1010. The van der Waals surface area contributed by atoms with Gasteiger partial charge in [-0.05, 0) is 80.0 Å². The van der Waals surface area contributed by atoms with Crippen LogP contribution in [0.25, 0.3) is 0 Å². The summed E-state index contributed by atoms with van der Waals surface area (Å²) in [4.78, 5) is 39.1. The van der Waals surface area contributed by atoms with Crippen LogP contribution in [0, 0.1) is 13.8 Å². The van der Waals surface area contributed by atoms with E-state index in [1.807, 2.05) is 50.2 Å². The maximum atomic E-state index is 13.1. The number of carbonyl (C=O) groups is 3. The maximum Gasteiger partial charge on any atom is 0.325 e. The van der Waals surface area contributed by atoms with Crippen LogP contribution in [0.4, 0.5) is 10.5 Å². The molecule has 0 spiro atoms. The van der Waals surface area contributed by atoms with Gasteiger partial charge in [-0.1, -0.05) is 24.3 Å². The highest BCUT2D eigenvalue weighted by Crippen LogP contribution is 2.32. The number of hydrogen-bond donors (Lipinski definition) is 2. The second-order valence-corrected chi connectivity index (χ2v) is 8.21. The van der Waals surface area contributed by atoms with Gasteiger partial charge in [0.25, 0.3) is 5.91 Å². The fraction of sp³-hybridized carbons (Fsp3) is 0.348. The summed E-state index contributed by atoms with van der Waals surface area (Å²) in [6.07, 6.45) is 3.15. The molecule has 4 amide bonds. The molecular weight excluding hydrogens is 366 g/mol. The molecule has 0 aromatic heterocycles. The third-order valence-electron chi connectivity index (χ3n) is 5.76. The molecule has 150 valence electrons. The van der Waals surface area contributed by atoms with Crippen LogP contribution >= 0.6 is 0 Å². The summed E-state index contributed by atoms with van der Waals surface area (Å²) in [5.74, 6) is -0.812. The Morgan fingerprint density at radius 3 is 2.48 bits per heavy atom. The number of imide groups is 1. The average molecular weight is 391 g/mol. The first-order chi connectivity index (χ1) is 13.8. The van der Waals surface area contributed by atoms with Crippen LogP contribution in [-0.2, 0) is 28.0 Å². The molecule has 2 N–H and O–H groups in total. The van der Waals surface area contributed by atoms with E-state index in [-0.39, 0.29) is 6.54 Å². The molecule has 1 atom stereocenters. The fourth-order valence-corrected chi connectivity index (χ4v) is 4.31. The van der Waals surface area contributed by atoms with Gasteiger partial charge in [-0.25, -0.2) is 4.79 Å². The Kier molecular flexibility index (Phi) is 4.65. The summed E-state index contributed by atoms with van der Waals surface area (Å²) in [6, 6.07) is 11.1. The highest BCUT2D eigenvalue weighted by atomic mass is 16.2. The number of anilines is 1. The first kappa shape index (κ1) is 19.2. The van der Waals surface area contributed by atoms with Crippen molar-refractivity contribution in [1.29, 1.82) is 0 Å². The van der Waals surface area contributed by atoms with Crippen LogP contribution in [0.3, 0.4) is 0 Å². The van der Waals surface area contributed by atoms with Crippen molar-refractivity contribution in [3.63, 3.8) is 0 Å². The number of carbonyl (C=O) groups excluding carboxylic acids is 3. The zero-order valence-electron chi connectivity index (χ0n) is 17.0. The Morgan fingerprint density at radius 1 is 1.07 bits per heavy atom. The Hall–Kier alpha value is -3.15. The van der Waals surface area contributed by atoms with Crippen molar-refractivity contribution in [2.75, 3.05) is 11.9 Å². The molecule has 2 aromatic rings. The molecule has 0 saturated carbocycles. The SMILES string of the molecule is Cc1cc(C)cc(NC(=O)CN2C(=O)N[C@@](C)(c3ccc4c(c3)CCC4)C2=O)c1. The van der Waals surface area contributed by atoms with E-state index in [0.29, 0.717) is 5.69 Å². The number of fused-ring (bicyclic) bond motifs is 1. The largest absolute Gasteiger partial charge is 0.325 e. The van der Waals surface area contributed by atoms with Crippen LogP contribution in [0.1, 0.15) is 41.2 Å². The smallest absolute Gasteiger partial charge is 0.325 e. The molecule has 1 saturated heterocycles. The molecule has 0 radical (unpaired) electrons. The van der Waals surface area contributed by atoms with Crippen molar-refractivity contribution >= 4 is 23.5 Å². The lowest BCUT2D eigenvalue weighted by molar-refractivity contribution is -0.133. The minimum Gasteiger partial charge on any atom is -0.325 e. The van der Waals surface area contributed by atoms with Gasteiger partial charge >= 0.3 is 6.03 Å². The van der Waals surface area contributed by atoms with Crippen molar-refractivity contribution < 1.29 is 14.4 Å². The van der Waals surface area contributed by atoms with Gasteiger partial charge in [0.2, 0.25) is 5.91 Å². The molecule has 6 nitrogen and oxygen atoms in total. The van der Waals surface area contributed by atoms with Gasteiger partial charge in [-0.3, -0.25) is 14.5 Å². The first-order valence-electron chi connectivity index (χ1n) is 9.91.